The van der Waals surface area contributed by atoms with Crippen molar-refractivity contribution < 1.29 is 68.0 Å². The summed E-state index contributed by atoms with van der Waals surface area (Å²) >= 11 is 4.90. The van der Waals surface area contributed by atoms with Crippen molar-refractivity contribution in [2.75, 3.05) is 18.1 Å². The summed E-state index contributed by atoms with van der Waals surface area (Å²) in [5.74, 6) is -6.65. The second-order valence-electron chi connectivity index (χ2n) is 11.8. The van der Waals surface area contributed by atoms with Gasteiger partial charge in [-0.05, 0) is 26.2 Å². The third kappa shape index (κ3) is 17.7. The fraction of sp³-hybridized carbons (Fsp3) is 0.667. The van der Waals surface area contributed by atoms with Crippen LogP contribution in [0, 0.1) is 0 Å². The third-order valence-electron chi connectivity index (χ3n) is 7.48. The van der Waals surface area contributed by atoms with Crippen LogP contribution < -0.4 is 27.0 Å². The lowest BCUT2D eigenvalue weighted by atomic mass is 10.0. The molecule has 20 nitrogen and oxygen atoms in total. The van der Waals surface area contributed by atoms with Crippen molar-refractivity contribution in [3.8, 4) is 0 Å². The van der Waals surface area contributed by atoms with Crippen LogP contribution >= 0.6 is 24.4 Å². The Bertz CT molecular complexity index is 1320. The largest absolute Gasteiger partial charge is 0.481 e. The standard InChI is InChI=1S/C30H46N6O14S2/c1-16(13-51)32-27(45)19(11-25(42)43)33-26(44)18(31)7-6-17(38)5-3-2-4-10-36-23(39)12-21(28(36)46)52-14-20(29(47)48)34-30(49)35-22(50-15-37)8-9-24(40)41/h15-16,18-22,51H,2-14,31H2,1H3,(H,32,45)(H,33,44)(H,40,41)(H,42,43)(H,47,48)(H2,34,35,49)/t16-,18+,19+,20+,21?,22-/m1/s1. The minimum absolute atomic E-state index is 0.00415. The molecule has 1 rings (SSSR count). The van der Waals surface area contributed by atoms with Crippen molar-refractivity contribution in [3.63, 3.8) is 0 Å². The number of nitrogens with two attached hydrogens (primary N) is 1. The van der Waals surface area contributed by atoms with Gasteiger partial charge in [0.05, 0.1) is 24.1 Å². The number of rotatable bonds is 27. The molecule has 0 spiro atoms. The first-order chi connectivity index (χ1) is 24.5. The van der Waals surface area contributed by atoms with Crippen LogP contribution in [-0.2, 0) is 47.9 Å². The molecule has 0 aliphatic carbocycles. The van der Waals surface area contributed by atoms with E-state index in [0.717, 1.165) is 16.7 Å². The lowest BCUT2D eigenvalue weighted by molar-refractivity contribution is -0.141. The number of urea groups is 1. The molecule has 6 amide bonds. The SMILES string of the molecule is C[C@H](CS)NC(=O)[C@H](CC(=O)O)NC(=O)[C@@H](N)CCC(=O)CCCCCN1C(=O)CC(SC[C@H](NC(=O)N[C@@H](CCC(=O)O)OC=O)C(=O)O)C1=O. The summed E-state index contributed by atoms with van der Waals surface area (Å²) in [5.41, 5.74) is 5.87. The number of ether oxygens (including phenoxy) is 1. The molecule has 0 aromatic carbocycles. The molecule has 1 saturated heterocycles. The van der Waals surface area contributed by atoms with Gasteiger partial charge in [-0.2, -0.15) is 12.6 Å². The number of carbonyl (C=O) groups excluding carboxylic acids is 7. The molecule has 0 aromatic heterocycles. The number of carboxylic acids is 3. The summed E-state index contributed by atoms with van der Waals surface area (Å²) in [6.45, 7) is 1.72. The Morgan fingerprint density at radius 2 is 1.62 bits per heavy atom. The maximum atomic E-state index is 12.8. The number of imide groups is 1. The van der Waals surface area contributed by atoms with Gasteiger partial charge < -0.3 is 47.1 Å². The minimum atomic E-state index is -1.51. The number of unbranched alkanes of at least 4 members (excludes halogenated alkanes) is 2. The van der Waals surface area contributed by atoms with Gasteiger partial charge in [0.2, 0.25) is 23.6 Å². The Kier molecular flexibility index (Phi) is 21.0. The monoisotopic (exact) mass is 778 g/mol. The minimum Gasteiger partial charge on any atom is -0.481 e. The summed E-state index contributed by atoms with van der Waals surface area (Å²) in [7, 11) is 0. The number of carboxylic acid groups (broad SMARTS) is 3. The summed E-state index contributed by atoms with van der Waals surface area (Å²) < 4.78 is 4.59. The van der Waals surface area contributed by atoms with Gasteiger partial charge >= 0.3 is 23.9 Å². The summed E-state index contributed by atoms with van der Waals surface area (Å²) in [4.78, 5) is 120. The third-order valence-corrected chi connectivity index (χ3v) is 9.33. The van der Waals surface area contributed by atoms with E-state index in [-0.39, 0.29) is 62.7 Å². The Hall–Kier alpha value is -4.44. The molecule has 0 saturated carbocycles. The van der Waals surface area contributed by atoms with E-state index in [4.69, 9.17) is 15.9 Å². The van der Waals surface area contributed by atoms with Crippen molar-refractivity contribution in [1.82, 2.24) is 26.2 Å². The predicted molar refractivity (Wildman–Crippen MR) is 185 cm³/mol. The summed E-state index contributed by atoms with van der Waals surface area (Å²) in [6.07, 6.45) is -1.56. The smallest absolute Gasteiger partial charge is 0.327 e. The highest BCUT2D eigenvalue weighted by Gasteiger charge is 2.39. The van der Waals surface area contributed by atoms with Crippen molar-refractivity contribution in [2.24, 2.45) is 5.73 Å². The highest BCUT2D eigenvalue weighted by molar-refractivity contribution is 8.00. The fourth-order valence-corrected chi connectivity index (χ4v) is 5.91. The second kappa shape index (κ2) is 23.9. The topological polar surface area (TPSA) is 318 Å². The highest BCUT2D eigenvalue weighted by atomic mass is 32.2. The molecule has 1 aliphatic heterocycles. The van der Waals surface area contributed by atoms with Gasteiger partial charge in [-0.15, -0.1) is 11.8 Å². The number of hydrogen-bond acceptors (Lipinski definition) is 14. The number of carbonyl (C=O) groups is 10. The van der Waals surface area contributed by atoms with E-state index in [0.29, 0.717) is 25.0 Å². The van der Waals surface area contributed by atoms with Crippen LogP contribution in [0.1, 0.15) is 71.1 Å². The van der Waals surface area contributed by atoms with Gasteiger partial charge in [0.15, 0.2) is 6.23 Å². The van der Waals surface area contributed by atoms with Crippen molar-refractivity contribution in [1.29, 1.82) is 0 Å². The summed E-state index contributed by atoms with van der Waals surface area (Å²) in [6, 6.07) is -5.47. The molecule has 0 bridgehead atoms. The lowest BCUT2D eigenvalue weighted by Gasteiger charge is -2.21. The molecule has 1 unspecified atom stereocenters. The van der Waals surface area contributed by atoms with Crippen LogP contribution in [0.2, 0.25) is 0 Å². The molecule has 9 N–H and O–H groups in total. The number of hydrogen-bond donors (Lipinski definition) is 9. The molecule has 1 heterocycles. The first kappa shape index (κ1) is 45.6. The number of aliphatic carboxylic acids is 3. The van der Waals surface area contributed by atoms with Gasteiger partial charge in [0.25, 0.3) is 6.47 Å². The molecule has 292 valence electrons. The number of ketones is 1. The van der Waals surface area contributed by atoms with E-state index in [1.165, 1.54) is 0 Å². The van der Waals surface area contributed by atoms with E-state index >= 15 is 0 Å². The molecular weight excluding hydrogens is 732 g/mol. The molecular formula is C30H46N6O14S2. The van der Waals surface area contributed by atoms with Crippen LogP contribution in [0.25, 0.3) is 0 Å². The zero-order chi connectivity index (χ0) is 39.4. The number of nitrogens with one attached hydrogen (secondary N) is 4. The molecule has 1 fully saturated rings. The number of thioether (sulfide) groups is 1. The number of nitrogens with zero attached hydrogens (tertiary/aromatic N) is 1. The number of thiol groups is 1. The Morgan fingerprint density at radius 3 is 2.21 bits per heavy atom. The van der Waals surface area contributed by atoms with Crippen LogP contribution in [0.3, 0.4) is 0 Å². The van der Waals surface area contributed by atoms with Crippen LogP contribution in [-0.4, -0.2) is 134 Å². The van der Waals surface area contributed by atoms with Gasteiger partial charge in [-0.25, -0.2) is 9.59 Å². The van der Waals surface area contributed by atoms with E-state index in [1.807, 2.05) is 0 Å². The van der Waals surface area contributed by atoms with Crippen molar-refractivity contribution >= 4 is 84.2 Å². The first-order valence-electron chi connectivity index (χ1n) is 16.3. The highest BCUT2D eigenvalue weighted by Crippen LogP contribution is 2.26. The number of amides is 6. The average Bonchev–Trinajstić information content (AvgIpc) is 3.34. The predicted octanol–water partition coefficient (Wildman–Crippen LogP) is -1.41. The molecule has 0 aromatic rings. The maximum absolute atomic E-state index is 12.8. The first-order valence-corrected chi connectivity index (χ1v) is 17.9. The molecule has 52 heavy (non-hydrogen) atoms. The zero-order valence-corrected chi connectivity index (χ0v) is 30.2. The normalized spacial score (nSPS) is 16.8. The lowest BCUT2D eigenvalue weighted by Crippen LogP contribution is -2.53. The Balaban J connectivity index is 2.46. The summed E-state index contributed by atoms with van der Waals surface area (Å²) in [5, 5.41) is 35.6. The Labute approximate surface area is 308 Å². The Morgan fingerprint density at radius 1 is 0.923 bits per heavy atom. The van der Waals surface area contributed by atoms with E-state index in [2.05, 4.69) is 38.6 Å². The fourth-order valence-electron chi connectivity index (χ4n) is 4.64. The quantitative estimate of drug-likeness (QED) is 0.0152. The average molecular weight is 779 g/mol. The van der Waals surface area contributed by atoms with Gasteiger partial charge in [0, 0.05) is 49.8 Å². The molecule has 1 aliphatic rings. The maximum Gasteiger partial charge on any atom is 0.327 e. The van der Waals surface area contributed by atoms with Crippen molar-refractivity contribution in [2.45, 2.75) is 107 Å². The number of likely N-dealkylation sites (tertiary alicyclic amines) is 1. The number of Topliss-reactive ketones (excluding diaryl/α,β-unsaturated/α-hetero) is 1. The van der Waals surface area contributed by atoms with Gasteiger partial charge in [-0.1, -0.05) is 6.42 Å². The van der Waals surface area contributed by atoms with Crippen molar-refractivity contribution in [3.05, 3.63) is 0 Å². The van der Waals surface area contributed by atoms with Crippen LogP contribution in [0.15, 0.2) is 0 Å². The van der Waals surface area contributed by atoms with Gasteiger partial charge in [0.1, 0.15) is 17.9 Å². The molecule has 22 heteroatoms. The van der Waals surface area contributed by atoms with Gasteiger partial charge in [-0.3, -0.25) is 43.3 Å². The van der Waals surface area contributed by atoms with E-state index in [9.17, 15) is 53.1 Å². The molecule has 6 atom stereocenters. The van der Waals surface area contributed by atoms with Crippen LogP contribution in [0.4, 0.5) is 4.79 Å². The van der Waals surface area contributed by atoms with E-state index in [1.54, 1.807) is 6.92 Å². The van der Waals surface area contributed by atoms with E-state index < -0.39 is 90.0 Å². The zero-order valence-electron chi connectivity index (χ0n) is 28.4. The second-order valence-corrected chi connectivity index (χ2v) is 13.4. The van der Waals surface area contributed by atoms with Crippen LogP contribution in [0.5, 0.6) is 0 Å². The molecule has 0 radical (unpaired) electrons.